The molecule has 2 N–H and O–H groups in total. The van der Waals surface area contributed by atoms with Gasteiger partial charge in [0.1, 0.15) is 0 Å². The first kappa shape index (κ1) is 17.5. The number of aromatic nitrogens is 1. The van der Waals surface area contributed by atoms with E-state index in [0.29, 0.717) is 25.2 Å². The molecule has 25 heavy (non-hydrogen) atoms. The molecule has 0 unspecified atom stereocenters. The molecule has 1 aromatic heterocycles. The van der Waals surface area contributed by atoms with Gasteiger partial charge in [0.15, 0.2) is 0 Å². The molecular weight excluding hydrogens is 340 g/mol. The number of benzene rings is 1. The average Bonchev–Trinajstić information content (AvgIpc) is 3.27. The molecule has 1 aliphatic rings. The van der Waals surface area contributed by atoms with Gasteiger partial charge in [-0.1, -0.05) is 13.0 Å². The van der Waals surface area contributed by atoms with Crippen LogP contribution in [0, 0.1) is 0 Å². The Kier molecular flexibility index (Phi) is 5.10. The van der Waals surface area contributed by atoms with Crippen molar-refractivity contribution in [1.82, 2.24) is 14.2 Å². The van der Waals surface area contributed by atoms with E-state index in [9.17, 15) is 13.2 Å². The smallest absolute Gasteiger partial charge is 0.321 e. The van der Waals surface area contributed by atoms with Crippen molar-refractivity contribution in [2.45, 2.75) is 18.6 Å². The Balaban J connectivity index is 1.65. The molecule has 3 rings (SSSR count). The van der Waals surface area contributed by atoms with Crippen LogP contribution in [-0.4, -0.2) is 48.8 Å². The maximum absolute atomic E-state index is 12.4. The Labute approximate surface area is 147 Å². The summed E-state index contributed by atoms with van der Waals surface area (Å²) in [5.41, 5.74) is 1.62. The van der Waals surface area contributed by atoms with Crippen LogP contribution in [0.4, 0.5) is 10.5 Å². The van der Waals surface area contributed by atoms with Crippen molar-refractivity contribution in [3.8, 4) is 5.69 Å². The Morgan fingerprint density at radius 3 is 2.72 bits per heavy atom. The SMILES string of the molecule is CCNS(=O)(=O)[C@@H]1CCN(C(=O)Nc2cccc(-n3cccc3)c2)C1. The van der Waals surface area contributed by atoms with Crippen molar-refractivity contribution >= 4 is 21.7 Å². The summed E-state index contributed by atoms with van der Waals surface area (Å²) in [6, 6.07) is 11.1. The summed E-state index contributed by atoms with van der Waals surface area (Å²) in [5.74, 6) is 0. The monoisotopic (exact) mass is 362 g/mol. The number of urea groups is 1. The van der Waals surface area contributed by atoms with Crippen molar-refractivity contribution in [3.05, 3.63) is 48.8 Å². The number of carbonyl (C=O) groups excluding carboxylic acids is 1. The zero-order valence-electron chi connectivity index (χ0n) is 14.1. The Bertz CT molecular complexity index is 833. The van der Waals surface area contributed by atoms with E-state index >= 15 is 0 Å². The van der Waals surface area contributed by atoms with Gasteiger partial charge in [-0.05, 0) is 36.8 Å². The van der Waals surface area contributed by atoms with Crippen LogP contribution >= 0.6 is 0 Å². The molecule has 2 heterocycles. The Morgan fingerprint density at radius 1 is 1.24 bits per heavy atom. The molecule has 2 aromatic rings. The summed E-state index contributed by atoms with van der Waals surface area (Å²) in [5, 5.41) is 2.30. The van der Waals surface area contributed by atoms with Gasteiger partial charge in [0.2, 0.25) is 10.0 Å². The second-order valence-corrected chi connectivity index (χ2v) is 8.02. The van der Waals surface area contributed by atoms with Gasteiger partial charge in [0.05, 0.1) is 5.25 Å². The van der Waals surface area contributed by atoms with E-state index < -0.39 is 15.3 Å². The fourth-order valence-electron chi connectivity index (χ4n) is 2.94. The number of carbonyl (C=O) groups is 1. The summed E-state index contributed by atoms with van der Waals surface area (Å²) < 4.78 is 28.6. The average molecular weight is 362 g/mol. The molecule has 1 aliphatic heterocycles. The third-order valence-electron chi connectivity index (χ3n) is 4.22. The van der Waals surface area contributed by atoms with Crippen LogP contribution in [0.3, 0.4) is 0 Å². The third kappa shape index (κ3) is 4.02. The van der Waals surface area contributed by atoms with Crippen molar-refractivity contribution in [2.24, 2.45) is 0 Å². The van der Waals surface area contributed by atoms with E-state index in [1.807, 2.05) is 53.4 Å². The zero-order chi connectivity index (χ0) is 17.9. The molecule has 0 radical (unpaired) electrons. The number of likely N-dealkylation sites (tertiary alicyclic amines) is 1. The predicted octanol–water partition coefficient (Wildman–Crippen LogP) is 2.02. The van der Waals surface area contributed by atoms with E-state index in [0.717, 1.165) is 5.69 Å². The van der Waals surface area contributed by atoms with Gasteiger partial charge in [-0.2, -0.15) is 0 Å². The zero-order valence-corrected chi connectivity index (χ0v) is 14.9. The summed E-state index contributed by atoms with van der Waals surface area (Å²) >= 11 is 0. The summed E-state index contributed by atoms with van der Waals surface area (Å²) in [6.45, 7) is 2.74. The van der Waals surface area contributed by atoms with Crippen molar-refractivity contribution in [1.29, 1.82) is 0 Å². The molecule has 1 atom stereocenters. The summed E-state index contributed by atoms with van der Waals surface area (Å²) in [4.78, 5) is 14.0. The van der Waals surface area contributed by atoms with Crippen LogP contribution in [0.5, 0.6) is 0 Å². The van der Waals surface area contributed by atoms with E-state index in [1.54, 1.807) is 11.8 Å². The van der Waals surface area contributed by atoms with E-state index in [2.05, 4.69) is 10.0 Å². The van der Waals surface area contributed by atoms with Gasteiger partial charge in [-0.25, -0.2) is 17.9 Å². The second kappa shape index (κ2) is 7.28. The van der Waals surface area contributed by atoms with Gasteiger partial charge in [-0.15, -0.1) is 0 Å². The Hall–Kier alpha value is -2.32. The van der Waals surface area contributed by atoms with Crippen molar-refractivity contribution in [2.75, 3.05) is 25.0 Å². The maximum Gasteiger partial charge on any atom is 0.321 e. The van der Waals surface area contributed by atoms with E-state index in [4.69, 9.17) is 0 Å². The van der Waals surface area contributed by atoms with Crippen LogP contribution in [-0.2, 0) is 10.0 Å². The summed E-state index contributed by atoms with van der Waals surface area (Å²) in [6.07, 6.45) is 4.31. The van der Waals surface area contributed by atoms with Crippen molar-refractivity contribution in [3.63, 3.8) is 0 Å². The van der Waals surface area contributed by atoms with Gasteiger partial charge in [-0.3, -0.25) is 0 Å². The minimum atomic E-state index is -3.36. The number of sulfonamides is 1. The lowest BCUT2D eigenvalue weighted by atomic mass is 10.2. The van der Waals surface area contributed by atoms with E-state index in [-0.39, 0.29) is 12.6 Å². The lowest BCUT2D eigenvalue weighted by Gasteiger charge is -2.18. The molecule has 7 nitrogen and oxygen atoms in total. The van der Waals surface area contributed by atoms with Gasteiger partial charge in [0, 0.05) is 43.4 Å². The number of hydrogen-bond donors (Lipinski definition) is 2. The fourth-order valence-corrected chi connectivity index (χ4v) is 4.37. The molecule has 8 heteroatoms. The minimum Gasteiger partial charge on any atom is -0.324 e. The molecule has 0 saturated carbocycles. The van der Waals surface area contributed by atoms with Gasteiger partial charge >= 0.3 is 6.03 Å². The largest absolute Gasteiger partial charge is 0.324 e. The first-order valence-electron chi connectivity index (χ1n) is 8.27. The van der Waals surface area contributed by atoms with Crippen LogP contribution in [0.2, 0.25) is 0 Å². The van der Waals surface area contributed by atoms with Crippen molar-refractivity contribution < 1.29 is 13.2 Å². The van der Waals surface area contributed by atoms with Crippen LogP contribution in [0.25, 0.3) is 5.69 Å². The molecule has 1 aromatic carbocycles. The van der Waals surface area contributed by atoms with E-state index in [1.165, 1.54) is 0 Å². The highest BCUT2D eigenvalue weighted by Gasteiger charge is 2.34. The standard InChI is InChI=1S/C17H22N4O3S/c1-2-18-25(23,24)16-8-11-21(13-16)17(22)19-14-6-5-7-15(12-14)20-9-3-4-10-20/h3-7,9-10,12,16,18H,2,8,11,13H2,1H3,(H,19,22)/t16-/m1/s1. The highest BCUT2D eigenvalue weighted by atomic mass is 32.2. The van der Waals surface area contributed by atoms with Gasteiger partial charge < -0.3 is 14.8 Å². The molecule has 0 aliphatic carbocycles. The molecule has 0 spiro atoms. The predicted molar refractivity (Wildman–Crippen MR) is 97.4 cm³/mol. The molecular formula is C17H22N4O3S. The first-order valence-corrected chi connectivity index (χ1v) is 9.82. The third-order valence-corrected chi connectivity index (χ3v) is 6.17. The normalized spacial score (nSPS) is 17.6. The van der Waals surface area contributed by atoms with Gasteiger partial charge in [0.25, 0.3) is 0 Å². The number of amides is 2. The fraction of sp³-hybridized carbons (Fsp3) is 0.353. The number of nitrogens with zero attached hydrogens (tertiary/aromatic N) is 2. The topological polar surface area (TPSA) is 83.4 Å². The quantitative estimate of drug-likeness (QED) is 0.854. The minimum absolute atomic E-state index is 0.207. The number of nitrogens with one attached hydrogen (secondary N) is 2. The second-order valence-electron chi connectivity index (χ2n) is 5.97. The lowest BCUT2D eigenvalue weighted by molar-refractivity contribution is 0.222. The summed E-state index contributed by atoms with van der Waals surface area (Å²) in [7, 11) is -3.36. The lowest BCUT2D eigenvalue weighted by Crippen LogP contribution is -2.38. The molecule has 2 amide bonds. The van der Waals surface area contributed by atoms with Crippen LogP contribution in [0.1, 0.15) is 13.3 Å². The number of anilines is 1. The molecule has 1 fully saturated rings. The molecule has 0 bridgehead atoms. The van der Waals surface area contributed by atoms with Crippen LogP contribution < -0.4 is 10.0 Å². The maximum atomic E-state index is 12.4. The first-order chi connectivity index (χ1) is 12.0. The molecule has 134 valence electrons. The highest BCUT2D eigenvalue weighted by molar-refractivity contribution is 7.90. The highest BCUT2D eigenvalue weighted by Crippen LogP contribution is 2.19. The number of rotatable bonds is 5. The number of hydrogen-bond acceptors (Lipinski definition) is 3. The Morgan fingerprint density at radius 2 is 2.00 bits per heavy atom. The molecule has 1 saturated heterocycles. The van der Waals surface area contributed by atoms with Crippen LogP contribution in [0.15, 0.2) is 48.8 Å².